The third-order valence-corrected chi connectivity index (χ3v) is 4.82. The Balaban J connectivity index is 1.68. The Morgan fingerprint density at radius 3 is 2.48 bits per heavy atom. The second-order valence-corrected chi connectivity index (χ2v) is 6.88. The molecule has 0 aliphatic heterocycles. The lowest BCUT2D eigenvalue weighted by atomic mass is 9.88. The highest BCUT2D eigenvalue weighted by molar-refractivity contribution is 6.31. The molecule has 3 aromatic rings. The molecule has 0 fully saturated rings. The van der Waals surface area contributed by atoms with E-state index in [0.29, 0.717) is 24.5 Å². The minimum Gasteiger partial charge on any atom is -0.354 e. The SMILES string of the molecule is Cc1nc(C)n(CCNC(=O)C[C@H](c2ccccc2)c2ccccc2Cl)n1. The van der Waals surface area contributed by atoms with Crippen LogP contribution in [0.15, 0.2) is 54.6 Å². The van der Waals surface area contributed by atoms with Crippen LogP contribution in [0, 0.1) is 13.8 Å². The van der Waals surface area contributed by atoms with Gasteiger partial charge in [-0.3, -0.25) is 4.79 Å². The maximum Gasteiger partial charge on any atom is 0.221 e. The Morgan fingerprint density at radius 1 is 1.11 bits per heavy atom. The number of rotatable bonds is 7. The molecular weight excluding hydrogens is 360 g/mol. The van der Waals surface area contributed by atoms with Gasteiger partial charge in [0.1, 0.15) is 11.6 Å². The van der Waals surface area contributed by atoms with Crippen LogP contribution in [-0.4, -0.2) is 27.2 Å². The summed E-state index contributed by atoms with van der Waals surface area (Å²) >= 11 is 6.41. The lowest BCUT2D eigenvalue weighted by Gasteiger charge is -2.19. The summed E-state index contributed by atoms with van der Waals surface area (Å²) in [5.74, 6) is 1.48. The first-order chi connectivity index (χ1) is 13.0. The molecule has 0 unspecified atom stereocenters. The van der Waals surface area contributed by atoms with Gasteiger partial charge in [-0.25, -0.2) is 9.67 Å². The smallest absolute Gasteiger partial charge is 0.221 e. The Morgan fingerprint density at radius 2 is 1.81 bits per heavy atom. The normalized spacial score (nSPS) is 12.0. The van der Waals surface area contributed by atoms with E-state index >= 15 is 0 Å². The van der Waals surface area contributed by atoms with Crippen molar-refractivity contribution in [1.82, 2.24) is 20.1 Å². The summed E-state index contributed by atoms with van der Waals surface area (Å²) in [6.07, 6.45) is 0.336. The predicted octanol–water partition coefficient (Wildman–Crippen LogP) is 3.89. The molecule has 0 spiro atoms. The number of amides is 1. The molecule has 1 aromatic heterocycles. The number of carbonyl (C=O) groups is 1. The fourth-order valence-electron chi connectivity index (χ4n) is 3.18. The zero-order valence-corrected chi connectivity index (χ0v) is 16.3. The van der Waals surface area contributed by atoms with Crippen LogP contribution in [0.1, 0.15) is 35.1 Å². The van der Waals surface area contributed by atoms with Crippen LogP contribution >= 0.6 is 11.6 Å². The van der Waals surface area contributed by atoms with Gasteiger partial charge < -0.3 is 5.32 Å². The van der Waals surface area contributed by atoms with Crippen LogP contribution in [0.25, 0.3) is 0 Å². The molecule has 140 valence electrons. The van der Waals surface area contributed by atoms with Crippen LogP contribution in [0.5, 0.6) is 0 Å². The maximum absolute atomic E-state index is 12.6. The molecule has 1 N–H and O–H groups in total. The average Bonchev–Trinajstić information content (AvgIpc) is 2.98. The molecule has 0 radical (unpaired) electrons. The summed E-state index contributed by atoms with van der Waals surface area (Å²) in [6.45, 7) is 4.87. The van der Waals surface area contributed by atoms with E-state index in [0.717, 1.165) is 22.8 Å². The van der Waals surface area contributed by atoms with Gasteiger partial charge in [-0.05, 0) is 31.0 Å². The topological polar surface area (TPSA) is 59.8 Å². The number of halogens is 1. The second kappa shape index (κ2) is 8.82. The summed E-state index contributed by atoms with van der Waals surface area (Å²) in [4.78, 5) is 16.9. The van der Waals surface area contributed by atoms with Crippen molar-refractivity contribution in [3.8, 4) is 0 Å². The number of aromatic nitrogens is 3. The Bertz CT molecular complexity index is 908. The van der Waals surface area contributed by atoms with Gasteiger partial charge in [0.2, 0.25) is 5.91 Å². The highest BCUT2D eigenvalue weighted by Gasteiger charge is 2.20. The number of benzene rings is 2. The first kappa shape index (κ1) is 19.1. The molecule has 1 atom stereocenters. The van der Waals surface area contributed by atoms with Crippen LogP contribution in [-0.2, 0) is 11.3 Å². The molecule has 0 bridgehead atoms. The van der Waals surface area contributed by atoms with E-state index in [1.165, 1.54) is 0 Å². The molecule has 0 aliphatic rings. The highest BCUT2D eigenvalue weighted by atomic mass is 35.5. The van der Waals surface area contributed by atoms with Crippen LogP contribution in [0.3, 0.4) is 0 Å². The highest BCUT2D eigenvalue weighted by Crippen LogP contribution is 2.32. The fraction of sp³-hybridized carbons (Fsp3) is 0.286. The van der Waals surface area contributed by atoms with Crippen molar-refractivity contribution in [1.29, 1.82) is 0 Å². The fourth-order valence-corrected chi connectivity index (χ4v) is 3.45. The van der Waals surface area contributed by atoms with E-state index in [-0.39, 0.29) is 11.8 Å². The van der Waals surface area contributed by atoms with Gasteiger partial charge in [0.25, 0.3) is 0 Å². The number of hydrogen-bond acceptors (Lipinski definition) is 3. The van der Waals surface area contributed by atoms with Crippen molar-refractivity contribution in [2.45, 2.75) is 32.7 Å². The van der Waals surface area contributed by atoms with Crippen molar-refractivity contribution in [2.75, 3.05) is 6.54 Å². The molecule has 27 heavy (non-hydrogen) atoms. The first-order valence-corrected chi connectivity index (χ1v) is 9.36. The zero-order valence-electron chi connectivity index (χ0n) is 15.5. The maximum atomic E-state index is 12.6. The van der Waals surface area contributed by atoms with Crippen LogP contribution < -0.4 is 5.32 Å². The van der Waals surface area contributed by atoms with E-state index in [9.17, 15) is 4.79 Å². The molecule has 6 heteroatoms. The number of aryl methyl sites for hydroxylation is 2. The molecule has 0 saturated carbocycles. The molecular formula is C21H23ClN4O. The molecule has 1 amide bonds. The standard InChI is InChI=1S/C21H23ClN4O/c1-15-24-16(2)26(25-15)13-12-23-21(27)14-19(17-8-4-3-5-9-17)18-10-6-7-11-20(18)22/h3-11,19H,12-14H2,1-2H3,(H,23,27)/t19-/m1/s1. The zero-order chi connectivity index (χ0) is 19.2. The van der Waals surface area contributed by atoms with Crippen molar-refractivity contribution in [2.24, 2.45) is 0 Å². The lowest BCUT2D eigenvalue weighted by Crippen LogP contribution is -2.29. The van der Waals surface area contributed by atoms with Crippen LogP contribution in [0.2, 0.25) is 5.02 Å². The monoisotopic (exact) mass is 382 g/mol. The number of nitrogens with one attached hydrogen (secondary N) is 1. The molecule has 0 aliphatic carbocycles. The minimum absolute atomic E-state index is 0.0155. The largest absolute Gasteiger partial charge is 0.354 e. The summed E-state index contributed by atoms with van der Waals surface area (Å²) in [5, 5.41) is 7.97. The van der Waals surface area contributed by atoms with Gasteiger partial charge in [0.15, 0.2) is 0 Å². The predicted molar refractivity (Wildman–Crippen MR) is 107 cm³/mol. The Labute approximate surface area is 164 Å². The van der Waals surface area contributed by atoms with Crippen molar-refractivity contribution < 1.29 is 4.79 Å². The minimum atomic E-state index is -0.0877. The summed E-state index contributed by atoms with van der Waals surface area (Å²) in [5.41, 5.74) is 2.03. The van der Waals surface area contributed by atoms with Gasteiger partial charge in [0, 0.05) is 23.9 Å². The lowest BCUT2D eigenvalue weighted by molar-refractivity contribution is -0.121. The molecule has 1 heterocycles. The van der Waals surface area contributed by atoms with Crippen molar-refractivity contribution in [3.05, 3.63) is 82.4 Å². The number of nitrogens with zero attached hydrogens (tertiary/aromatic N) is 3. The Kier molecular flexibility index (Phi) is 6.24. The average molecular weight is 383 g/mol. The van der Waals surface area contributed by atoms with Gasteiger partial charge in [-0.1, -0.05) is 60.1 Å². The Hall–Kier alpha value is -2.66. The molecule has 5 nitrogen and oxygen atoms in total. The molecule has 0 saturated heterocycles. The van der Waals surface area contributed by atoms with E-state index in [4.69, 9.17) is 11.6 Å². The van der Waals surface area contributed by atoms with E-state index in [1.54, 1.807) is 4.68 Å². The molecule has 3 rings (SSSR count). The van der Waals surface area contributed by atoms with Gasteiger partial charge in [-0.2, -0.15) is 5.10 Å². The van der Waals surface area contributed by atoms with Gasteiger partial charge in [-0.15, -0.1) is 0 Å². The molecule has 2 aromatic carbocycles. The van der Waals surface area contributed by atoms with Crippen molar-refractivity contribution >= 4 is 17.5 Å². The summed E-state index contributed by atoms with van der Waals surface area (Å²) in [7, 11) is 0. The van der Waals surface area contributed by atoms with Gasteiger partial charge in [0.05, 0.1) is 6.54 Å². The van der Waals surface area contributed by atoms with E-state index in [2.05, 4.69) is 15.4 Å². The third-order valence-electron chi connectivity index (χ3n) is 4.48. The van der Waals surface area contributed by atoms with E-state index in [1.807, 2.05) is 68.4 Å². The van der Waals surface area contributed by atoms with E-state index < -0.39 is 0 Å². The quantitative estimate of drug-likeness (QED) is 0.674. The first-order valence-electron chi connectivity index (χ1n) is 8.98. The number of carbonyl (C=O) groups excluding carboxylic acids is 1. The third kappa shape index (κ3) is 4.95. The van der Waals surface area contributed by atoms with Crippen molar-refractivity contribution in [3.63, 3.8) is 0 Å². The van der Waals surface area contributed by atoms with Crippen LogP contribution in [0.4, 0.5) is 0 Å². The summed E-state index contributed by atoms with van der Waals surface area (Å²) in [6, 6.07) is 17.7. The van der Waals surface area contributed by atoms with Gasteiger partial charge >= 0.3 is 0 Å². The summed E-state index contributed by atoms with van der Waals surface area (Å²) < 4.78 is 1.80. The second-order valence-electron chi connectivity index (χ2n) is 6.47. The number of hydrogen-bond donors (Lipinski definition) is 1.